The molecule has 1 nitrogen and oxygen atoms in total. The van der Waals surface area contributed by atoms with Gasteiger partial charge in [0.05, 0.1) is 0 Å². The molecule has 1 radical (unpaired) electrons. The van der Waals surface area contributed by atoms with Crippen molar-refractivity contribution in [1.82, 2.24) is 4.90 Å². The van der Waals surface area contributed by atoms with Crippen LogP contribution < -0.4 is 0 Å². The van der Waals surface area contributed by atoms with E-state index in [0.717, 1.165) is 12.8 Å². The molecule has 0 atom stereocenters. The van der Waals surface area contributed by atoms with Gasteiger partial charge < -0.3 is 11.8 Å². The minimum Gasteiger partial charge on any atom is -0.509 e. The predicted molar refractivity (Wildman–Crippen MR) is 39.0 cm³/mol. The summed E-state index contributed by atoms with van der Waals surface area (Å²) in [5, 5.41) is 0. The van der Waals surface area contributed by atoms with Crippen LogP contribution in [-0.2, 0) is 32.7 Å². The van der Waals surface area contributed by atoms with E-state index in [4.69, 9.17) is 0 Å². The maximum Gasteiger partial charge on any atom is 0 e. The Hall–Kier alpha value is 0.384. The van der Waals surface area contributed by atoms with Crippen molar-refractivity contribution in [3.63, 3.8) is 0 Å². The topological polar surface area (TPSA) is 3.24 Å². The summed E-state index contributed by atoms with van der Waals surface area (Å²) in [5.74, 6) is 0. The zero-order chi connectivity index (χ0) is 6.69. The molecule has 0 unspecified atom stereocenters. The van der Waals surface area contributed by atoms with Crippen LogP contribution in [0.4, 0.5) is 0 Å². The quantitative estimate of drug-likeness (QED) is 0.599. The van der Waals surface area contributed by atoms with Crippen molar-refractivity contribution in [1.29, 1.82) is 0 Å². The summed E-state index contributed by atoms with van der Waals surface area (Å²) in [6.45, 7) is 3.78. The van der Waals surface area contributed by atoms with Gasteiger partial charge in [-0.15, -0.1) is 6.42 Å². The Morgan fingerprint density at radius 2 is 2.30 bits per heavy atom. The molecule has 1 aliphatic rings. The molecule has 0 saturated carbocycles. The molecule has 1 aliphatic heterocycles. The molecule has 53 valence electrons. The fourth-order valence-electron chi connectivity index (χ4n) is 0.851. The van der Waals surface area contributed by atoms with Gasteiger partial charge in [-0.25, -0.2) is 0 Å². The molecule has 0 aromatic heterocycles. The van der Waals surface area contributed by atoms with Crippen molar-refractivity contribution in [3.8, 4) is 0 Å². The van der Waals surface area contributed by atoms with Crippen molar-refractivity contribution >= 4 is 0 Å². The van der Waals surface area contributed by atoms with Crippen LogP contribution in [0, 0.1) is 14.0 Å². The first-order chi connectivity index (χ1) is 4.34. The van der Waals surface area contributed by atoms with Crippen LogP contribution >= 0.6 is 0 Å². The zero-order valence-electron chi connectivity index (χ0n) is 6.09. The van der Waals surface area contributed by atoms with Gasteiger partial charge in [-0.1, -0.05) is 12.2 Å². The molecule has 0 N–H and O–H groups in total. The van der Waals surface area contributed by atoms with E-state index >= 15 is 0 Å². The molecular formula is C8H11NY-2. The fourth-order valence-corrected chi connectivity index (χ4v) is 0.851. The van der Waals surface area contributed by atoms with E-state index < -0.39 is 0 Å². The molecule has 0 aromatic carbocycles. The summed E-state index contributed by atoms with van der Waals surface area (Å²) in [4.78, 5) is 1.86. The van der Waals surface area contributed by atoms with Gasteiger partial charge >= 0.3 is 0 Å². The second-order valence-corrected chi connectivity index (χ2v) is 2.04. The van der Waals surface area contributed by atoms with Gasteiger partial charge in [-0.2, -0.15) is 0 Å². The van der Waals surface area contributed by atoms with Gasteiger partial charge in [0.1, 0.15) is 0 Å². The minimum absolute atomic E-state index is 0. The summed E-state index contributed by atoms with van der Waals surface area (Å²) in [6.07, 6.45) is 8.04. The molecule has 2 heteroatoms. The molecule has 0 amide bonds. The molecule has 0 fully saturated rings. The second-order valence-electron chi connectivity index (χ2n) is 2.04. The molecule has 0 aromatic rings. The molecule has 0 bridgehead atoms. The molecule has 1 heterocycles. The van der Waals surface area contributed by atoms with Gasteiger partial charge in [0.15, 0.2) is 0 Å². The average Bonchev–Trinajstić information content (AvgIpc) is 1.89. The number of allylic oxidation sites excluding steroid dienone is 3. The third kappa shape index (κ3) is 2.55. The Morgan fingerprint density at radius 1 is 1.60 bits per heavy atom. The summed E-state index contributed by atoms with van der Waals surface area (Å²) < 4.78 is 0. The summed E-state index contributed by atoms with van der Waals surface area (Å²) >= 11 is 0. The first-order valence-corrected chi connectivity index (χ1v) is 3.09. The zero-order valence-corrected chi connectivity index (χ0v) is 8.92. The van der Waals surface area contributed by atoms with E-state index in [9.17, 15) is 0 Å². The Balaban J connectivity index is 0.000000810. The molecule has 0 saturated heterocycles. The minimum atomic E-state index is 0. The molecule has 0 spiro atoms. The second kappa shape index (κ2) is 5.09. The predicted octanol–water partition coefficient (Wildman–Crippen LogP) is 2.10. The standard InChI is InChI=1S/C8H11N.Y/c1-3-8-6-4-5-7-9(8)2;/h5-7H,1-4H2;/q-2;. The monoisotopic (exact) mass is 210 g/mol. The van der Waals surface area contributed by atoms with Gasteiger partial charge in [-0.3, -0.25) is 7.05 Å². The molecule has 0 aliphatic carbocycles. The van der Waals surface area contributed by atoms with E-state index in [1.54, 1.807) is 0 Å². The van der Waals surface area contributed by atoms with Crippen molar-refractivity contribution in [2.75, 3.05) is 0 Å². The number of nitrogens with zero attached hydrogens (tertiary/aromatic N) is 1. The molecule has 10 heavy (non-hydrogen) atoms. The van der Waals surface area contributed by atoms with E-state index in [1.165, 1.54) is 5.70 Å². The maximum absolute atomic E-state index is 3.79. The maximum atomic E-state index is 3.79. The van der Waals surface area contributed by atoms with Crippen LogP contribution in [0.25, 0.3) is 0 Å². The van der Waals surface area contributed by atoms with Crippen LogP contribution in [0.1, 0.15) is 12.8 Å². The summed E-state index contributed by atoms with van der Waals surface area (Å²) in [5.41, 5.74) is 1.21. The van der Waals surface area contributed by atoms with Crippen LogP contribution in [0.2, 0.25) is 0 Å². The number of rotatable bonds is 1. The van der Waals surface area contributed by atoms with Crippen molar-refractivity contribution < 1.29 is 32.7 Å². The van der Waals surface area contributed by atoms with Crippen LogP contribution in [0.3, 0.4) is 0 Å². The van der Waals surface area contributed by atoms with Crippen LogP contribution in [-0.4, -0.2) is 4.90 Å². The van der Waals surface area contributed by atoms with E-state index in [1.807, 2.05) is 11.1 Å². The third-order valence-electron chi connectivity index (χ3n) is 1.40. The van der Waals surface area contributed by atoms with Crippen molar-refractivity contribution in [3.05, 3.63) is 38.0 Å². The smallest absolute Gasteiger partial charge is 0 e. The van der Waals surface area contributed by atoms with Crippen molar-refractivity contribution in [2.45, 2.75) is 12.8 Å². The number of hydrogen-bond acceptors (Lipinski definition) is 1. The number of hydrogen-bond donors (Lipinski definition) is 0. The summed E-state index contributed by atoms with van der Waals surface area (Å²) in [7, 11) is 3.79. The van der Waals surface area contributed by atoms with Gasteiger partial charge in [0.25, 0.3) is 0 Å². The Bertz CT molecular complexity index is 149. The Morgan fingerprint density at radius 3 is 2.70 bits per heavy atom. The largest absolute Gasteiger partial charge is 0.509 e. The molecule has 1 rings (SSSR count). The normalized spacial score (nSPS) is 16.2. The Labute approximate surface area is 88.1 Å². The third-order valence-corrected chi connectivity index (χ3v) is 1.40. The van der Waals surface area contributed by atoms with Crippen LogP contribution in [0.15, 0.2) is 24.0 Å². The average molecular weight is 210 g/mol. The van der Waals surface area contributed by atoms with E-state index in [0.29, 0.717) is 0 Å². The van der Waals surface area contributed by atoms with E-state index in [-0.39, 0.29) is 32.7 Å². The van der Waals surface area contributed by atoms with Crippen LogP contribution in [0.5, 0.6) is 0 Å². The molecular weight excluding hydrogens is 199 g/mol. The van der Waals surface area contributed by atoms with E-state index in [2.05, 4.69) is 26.1 Å². The SMILES string of the molecule is [CH2-]CC1=CCC=CN1[CH2-].[Y]. The van der Waals surface area contributed by atoms with Gasteiger partial charge in [-0.05, 0) is 18.3 Å². The first-order valence-electron chi connectivity index (χ1n) is 3.09. The fraction of sp³-hybridized carbons (Fsp3) is 0.250. The first kappa shape index (κ1) is 10.4. The Kier molecular flexibility index (Phi) is 5.29. The van der Waals surface area contributed by atoms with Gasteiger partial charge in [0, 0.05) is 32.7 Å². The van der Waals surface area contributed by atoms with Gasteiger partial charge in [0.2, 0.25) is 0 Å². The van der Waals surface area contributed by atoms with Crippen molar-refractivity contribution in [2.24, 2.45) is 0 Å². The summed E-state index contributed by atoms with van der Waals surface area (Å²) in [6, 6.07) is 0.